The third-order valence-corrected chi connectivity index (χ3v) is 3.75. The van der Waals surface area contributed by atoms with Crippen LogP contribution in [-0.4, -0.2) is 55.6 Å². The van der Waals surface area contributed by atoms with Crippen molar-refractivity contribution in [2.24, 2.45) is 0 Å². The number of nitrogens with zero attached hydrogens (tertiary/aromatic N) is 1. The molecule has 0 aromatic heterocycles. The molecule has 1 heterocycles. The summed E-state index contributed by atoms with van der Waals surface area (Å²) in [4.78, 5) is 2.21. The predicted molar refractivity (Wildman–Crippen MR) is 82.7 cm³/mol. The minimum absolute atomic E-state index is 0.311. The fourth-order valence-electron chi connectivity index (χ4n) is 2.64. The second-order valence-electron chi connectivity index (χ2n) is 5.36. The highest BCUT2D eigenvalue weighted by Crippen LogP contribution is 2.25. The Morgan fingerprint density at radius 3 is 2.71 bits per heavy atom. The molecule has 21 heavy (non-hydrogen) atoms. The van der Waals surface area contributed by atoms with E-state index >= 15 is 0 Å². The van der Waals surface area contributed by atoms with Crippen LogP contribution in [0.5, 0.6) is 5.75 Å². The molecule has 4 heteroatoms. The van der Waals surface area contributed by atoms with Crippen molar-refractivity contribution >= 4 is 10.8 Å². The van der Waals surface area contributed by atoms with Crippen LogP contribution in [0.25, 0.3) is 10.8 Å². The van der Waals surface area contributed by atoms with Crippen molar-refractivity contribution in [3.8, 4) is 5.75 Å². The number of aliphatic hydroxyl groups is 1. The van der Waals surface area contributed by atoms with E-state index in [4.69, 9.17) is 9.47 Å². The lowest BCUT2D eigenvalue weighted by molar-refractivity contribution is 0.00480. The number of aliphatic hydroxyl groups excluding tert-OH is 1. The molecule has 1 fully saturated rings. The number of fused-ring (bicyclic) bond motifs is 1. The number of hydrogen-bond donors (Lipinski definition) is 1. The highest BCUT2D eigenvalue weighted by Gasteiger charge is 2.15. The van der Waals surface area contributed by atoms with E-state index in [0.717, 1.165) is 42.8 Å². The number of morpholine rings is 1. The van der Waals surface area contributed by atoms with Crippen LogP contribution in [0.15, 0.2) is 42.5 Å². The first kappa shape index (κ1) is 14.3. The topological polar surface area (TPSA) is 41.9 Å². The van der Waals surface area contributed by atoms with Gasteiger partial charge in [0.1, 0.15) is 18.5 Å². The zero-order chi connectivity index (χ0) is 14.5. The minimum Gasteiger partial charge on any atom is -0.490 e. The summed E-state index contributed by atoms with van der Waals surface area (Å²) in [6.45, 7) is 4.20. The van der Waals surface area contributed by atoms with E-state index in [1.54, 1.807) is 0 Å². The van der Waals surface area contributed by atoms with E-state index in [9.17, 15) is 5.11 Å². The second kappa shape index (κ2) is 6.89. The first-order chi connectivity index (χ1) is 10.3. The average molecular weight is 287 g/mol. The van der Waals surface area contributed by atoms with E-state index in [1.165, 1.54) is 0 Å². The van der Waals surface area contributed by atoms with E-state index in [1.807, 2.05) is 30.3 Å². The van der Waals surface area contributed by atoms with Gasteiger partial charge in [-0.15, -0.1) is 0 Å². The Morgan fingerprint density at radius 2 is 1.86 bits per heavy atom. The standard InChI is InChI=1S/C17H21NO3/c19-15(12-18-8-10-20-11-9-18)13-21-17-7-3-5-14-4-1-2-6-16(14)17/h1-7,15,19H,8-13H2/t15-/m0/s1. The van der Waals surface area contributed by atoms with Gasteiger partial charge in [0.25, 0.3) is 0 Å². The highest BCUT2D eigenvalue weighted by atomic mass is 16.5. The molecule has 2 aromatic rings. The SMILES string of the molecule is O[C@H](COc1cccc2ccccc12)CN1CCOCC1. The Kier molecular flexibility index (Phi) is 4.70. The quantitative estimate of drug-likeness (QED) is 0.912. The first-order valence-corrected chi connectivity index (χ1v) is 7.41. The Labute approximate surface area is 124 Å². The Hall–Kier alpha value is -1.62. The summed E-state index contributed by atoms with van der Waals surface area (Å²) in [6.07, 6.45) is -0.484. The molecule has 1 saturated heterocycles. The highest BCUT2D eigenvalue weighted by molar-refractivity contribution is 5.88. The van der Waals surface area contributed by atoms with Crippen molar-refractivity contribution in [1.29, 1.82) is 0 Å². The summed E-state index contributed by atoms with van der Waals surface area (Å²) in [5.41, 5.74) is 0. The van der Waals surface area contributed by atoms with Gasteiger partial charge in [-0.25, -0.2) is 0 Å². The van der Waals surface area contributed by atoms with Gasteiger partial charge in [0.05, 0.1) is 13.2 Å². The molecule has 4 nitrogen and oxygen atoms in total. The molecule has 1 N–H and O–H groups in total. The summed E-state index contributed by atoms with van der Waals surface area (Å²) < 4.78 is 11.1. The van der Waals surface area contributed by atoms with Crippen LogP contribution in [-0.2, 0) is 4.74 Å². The van der Waals surface area contributed by atoms with Crippen LogP contribution >= 0.6 is 0 Å². The zero-order valence-corrected chi connectivity index (χ0v) is 12.1. The number of hydrogen-bond acceptors (Lipinski definition) is 4. The van der Waals surface area contributed by atoms with Crippen LogP contribution < -0.4 is 4.74 Å². The molecular formula is C17H21NO3. The summed E-state index contributed by atoms with van der Waals surface area (Å²) in [5.74, 6) is 0.828. The lowest BCUT2D eigenvalue weighted by Gasteiger charge is -2.28. The number of ether oxygens (including phenoxy) is 2. The van der Waals surface area contributed by atoms with Gasteiger partial charge in [0, 0.05) is 25.0 Å². The summed E-state index contributed by atoms with van der Waals surface area (Å²) in [7, 11) is 0. The molecule has 0 bridgehead atoms. The lowest BCUT2D eigenvalue weighted by atomic mass is 10.1. The van der Waals surface area contributed by atoms with E-state index in [2.05, 4.69) is 17.0 Å². The van der Waals surface area contributed by atoms with Crippen molar-refractivity contribution < 1.29 is 14.6 Å². The molecule has 0 spiro atoms. The van der Waals surface area contributed by atoms with Gasteiger partial charge in [-0.05, 0) is 11.5 Å². The molecule has 0 unspecified atom stereocenters. The van der Waals surface area contributed by atoms with Gasteiger partial charge < -0.3 is 14.6 Å². The van der Waals surface area contributed by atoms with Gasteiger partial charge >= 0.3 is 0 Å². The van der Waals surface area contributed by atoms with Gasteiger partial charge in [-0.1, -0.05) is 36.4 Å². The van der Waals surface area contributed by atoms with Gasteiger partial charge in [-0.3, -0.25) is 4.90 Å². The van der Waals surface area contributed by atoms with Gasteiger partial charge in [0.2, 0.25) is 0 Å². The number of β-amino-alcohol motifs (C(OH)–C–C–N with tert-alkyl or cyclic N) is 1. The lowest BCUT2D eigenvalue weighted by Crippen LogP contribution is -2.42. The molecule has 1 aliphatic heterocycles. The monoisotopic (exact) mass is 287 g/mol. The molecule has 0 aliphatic carbocycles. The van der Waals surface area contributed by atoms with Crippen molar-refractivity contribution in [2.45, 2.75) is 6.10 Å². The van der Waals surface area contributed by atoms with E-state index in [-0.39, 0.29) is 0 Å². The molecule has 0 radical (unpaired) electrons. The van der Waals surface area contributed by atoms with Crippen molar-refractivity contribution in [3.63, 3.8) is 0 Å². The van der Waals surface area contributed by atoms with E-state index in [0.29, 0.717) is 13.2 Å². The normalized spacial score (nSPS) is 17.8. The predicted octanol–water partition coefficient (Wildman–Crippen LogP) is 1.91. The molecule has 1 aliphatic rings. The summed E-state index contributed by atoms with van der Waals surface area (Å²) in [5, 5.41) is 12.4. The minimum atomic E-state index is -0.484. The molecule has 0 amide bonds. The second-order valence-corrected chi connectivity index (χ2v) is 5.36. The molecular weight excluding hydrogens is 266 g/mol. The maximum atomic E-state index is 10.1. The van der Waals surface area contributed by atoms with Crippen LogP contribution in [0.4, 0.5) is 0 Å². The third kappa shape index (κ3) is 3.73. The summed E-state index contributed by atoms with van der Waals surface area (Å²) >= 11 is 0. The molecule has 112 valence electrons. The Bertz CT molecular complexity index is 576. The zero-order valence-electron chi connectivity index (χ0n) is 12.1. The van der Waals surface area contributed by atoms with Crippen LogP contribution in [0.1, 0.15) is 0 Å². The fourth-order valence-corrected chi connectivity index (χ4v) is 2.64. The Morgan fingerprint density at radius 1 is 1.10 bits per heavy atom. The molecule has 0 saturated carbocycles. The number of rotatable bonds is 5. The van der Waals surface area contributed by atoms with Crippen molar-refractivity contribution in [3.05, 3.63) is 42.5 Å². The summed E-state index contributed by atoms with van der Waals surface area (Å²) in [6, 6.07) is 14.1. The van der Waals surface area contributed by atoms with Crippen molar-refractivity contribution in [1.82, 2.24) is 4.90 Å². The molecule has 1 atom stereocenters. The van der Waals surface area contributed by atoms with Crippen molar-refractivity contribution in [2.75, 3.05) is 39.5 Å². The average Bonchev–Trinajstić information content (AvgIpc) is 2.54. The van der Waals surface area contributed by atoms with Gasteiger partial charge in [0.15, 0.2) is 0 Å². The maximum absolute atomic E-state index is 10.1. The third-order valence-electron chi connectivity index (χ3n) is 3.75. The first-order valence-electron chi connectivity index (χ1n) is 7.41. The van der Waals surface area contributed by atoms with Crippen LogP contribution in [0.3, 0.4) is 0 Å². The van der Waals surface area contributed by atoms with Crippen LogP contribution in [0.2, 0.25) is 0 Å². The largest absolute Gasteiger partial charge is 0.490 e. The maximum Gasteiger partial charge on any atom is 0.127 e. The Balaban J connectivity index is 1.58. The smallest absolute Gasteiger partial charge is 0.127 e. The molecule has 3 rings (SSSR count). The van der Waals surface area contributed by atoms with Gasteiger partial charge in [-0.2, -0.15) is 0 Å². The van der Waals surface area contributed by atoms with E-state index < -0.39 is 6.10 Å². The number of benzene rings is 2. The molecule has 2 aromatic carbocycles. The fraction of sp³-hybridized carbons (Fsp3) is 0.412. The van der Waals surface area contributed by atoms with Crippen LogP contribution in [0, 0.1) is 0 Å².